The second kappa shape index (κ2) is 7.87. The van der Waals surface area contributed by atoms with E-state index in [1.807, 2.05) is 26.0 Å². The highest BCUT2D eigenvalue weighted by Crippen LogP contribution is 2.44. The molecule has 0 spiro atoms. The molecule has 156 valence electrons. The Morgan fingerprint density at radius 3 is 2.43 bits per heavy atom. The topological polar surface area (TPSA) is 28.2 Å². The van der Waals surface area contributed by atoms with Gasteiger partial charge in [0.1, 0.15) is 11.5 Å². The maximum atomic E-state index is 13.2. The standard InChI is InChI=1S/C23H22F3N3S/c1-4-16-6-9-18(10-7-16)30-29-13-17-8-12-20(23(24,25)26)28-22(17)27-19-11-5-14(2)15(3)21(19)29/h5-12H,4,13H2,1-3H3,(H,27,28). The van der Waals surface area contributed by atoms with Crippen LogP contribution in [0.1, 0.15) is 34.9 Å². The number of alkyl halides is 3. The molecule has 0 bridgehead atoms. The van der Waals surface area contributed by atoms with Crippen LogP contribution in [0.15, 0.2) is 53.4 Å². The normalized spacial score (nSPS) is 13.3. The number of nitrogens with zero attached hydrogens (tertiary/aromatic N) is 2. The van der Waals surface area contributed by atoms with Crippen LogP contribution < -0.4 is 9.62 Å². The number of anilines is 3. The number of hydrogen-bond acceptors (Lipinski definition) is 4. The Kier molecular flexibility index (Phi) is 5.40. The minimum Gasteiger partial charge on any atom is -0.338 e. The van der Waals surface area contributed by atoms with Crippen LogP contribution in [0.4, 0.5) is 30.4 Å². The molecular weight excluding hydrogens is 407 g/mol. The van der Waals surface area contributed by atoms with E-state index in [1.54, 1.807) is 11.9 Å². The van der Waals surface area contributed by atoms with Crippen molar-refractivity contribution in [3.63, 3.8) is 0 Å². The lowest BCUT2D eigenvalue weighted by Gasteiger charge is -2.26. The van der Waals surface area contributed by atoms with Crippen molar-refractivity contribution in [2.75, 3.05) is 9.62 Å². The zero-order valence-electron chi connectivity index (χ0n) is 17.0. The van der Waals surface area contributed by atoms with Crippen LogP contribution in [0.2, 0.25) is 0 Å². The molecule has 4 rings (SSSR count). The summed E-state index contributed by atoms with van der Waals surface area (Å²) < 4.78 is 41.7. The predicted octanol–water partition coefficient (Wildman–Crippen LogP) is 7.05. The third-order valence-corrected chi connectivity index (χ3v) is 6.35. The summed E-state index contributed by atoms with van der Waals surface area (Å²) in [6, 6.07) is 14.8. The van der Waals surface area contributed by atoms with E-state index in [4.69, 9.17) is 0 Å². The van der Waals surface area contributed by atoms with E-state index in [-0.39, 0.29) is 5.82 Å². The molecule has 3 nitrogen and oxygen atoms in total. The van der Waals surface area contributed by atoms with Crippen molar-refractivity contribution in [2.24, 2.45) is 0 Å². The van der Waals surface area contributed by atoms with Crippen molar-refractivity contribution >= 4 is 29.1 Å². The van der Waals surface area contributed by atoms with Gasteiger partial charge in [-0.1, -0.05) is 31.2 Å². The molecule has 1 aliphatic rings. The third-order valence-electron chi connectivity index (χ3n) is 5.33. The summed E-state index contributed by atoms with van der Waals surface area (Å²) >= 11 is 1.58. The lowest BCUT2D eigenvalue weighted by Crippen LogP contribution is -2.15. The summed E-state index contributed by atoms with van der Waals surface area (Å²) in [7, 11) is 0. The summed E-state index contributed by atoms with van der Waals surface area (Å²) in [6.45, 7) is 6.62. The van der Waals surface area contributed by atoms with Gasteiger partial charge in [0.15, 0.2) is 0 Å². The van der Waals surface area contributed by atoms with Crippen molar-refractivity contribution in [3.05, 3.63) is 76.5 Å². The van der Waals surface area contributed by atoms with Crippen LogP contribution in [0.3, 0.4) is 0 Å². The number of pyridine rings is 1. The lowest BCUT2D eigenvalue weighted by atomic mass is 10.1. The average Bonchev–Trinajstić information content (AvgIpc) is 2.86. The average molecular weight is 430 g/mol. The van der Waals surface area contributed by atoms with Crippen molar-refractivity contribution in [1.82, 2.24) is 4.98 Å². The van der Waals surface area contributed by atoms with Gasteiger partial charge in [-0.25, -0.2) is 4.98 Å². The van der Waals surface area contributed by atoms with Crippen LogP contribution in [0.5, 0.6) is 0 Å². The van der Waals surface area contributed by atoms with E-state index < -0.39 is 11.9 Å². The molecule has 2 aromatic carbocycles. The van der Waals surface area contributed by atoms with Crippen molar-refractivity contribution in [2.45, 2.75) is 44.8 Å². The molecule has 0 fully saturated rings. The first kappa shape index (κ1) is 20.6. The molecule has 0 saturated heterocycles. The maximum absolute atomic E-state index is 13.2. The molecule has 2 heterocycles. The summed E-state index contributed by atoms with van der Waals surface area (Å²) in [5.74, 6) is 0.249. The van der Waals surface area contributed by atoms with Gasteiger partial charge in [0.25, 0.3) is 0 Å². The molecule has 0 aliphatic carbocycles. The second-order valence-electron chi connectivity index (χ2n) is 7.36. The summed E-state index contributed by atoms with van der Waals surface area (Å²) in [6.07, 6.45) is -3.51. The Balaban J connectivity index is 1.78. The highest BCUT2D eigenvalue weighted by molar-refractivity contribution is 8.00. The maximum Gasteiger partial charge on any atom is 0.433 e. The molecule has 30 heavy (non-hydrogen) atoms. The van der Waals surface area contributed by atoms with E-state index in [0.29, 0.717) is 12.1 Å². The molecule has 0 saturated carbocycles. The van der Waals surface area contributed by atoms with Crippen molar-refractivity contribution in [3.8, 4) is 0 Å². The Morgan fingerprint density at radius 2 is 1.77 bits per heavy atom. The van der Waals surface area contributed by atoms with Gasteiger partial charge in [0.2, 0.25) is 0 Å². The molecule has 1 aromatic heterocycles. The molecule has 7 heteroatoms. The molecule has 0 atom stereocenters. The van der Waals surface area contributed by atoms with Gasteiger partial charge in [-0.05, 0) is 73.2 Å². The Labute approximate surface area is 178 Å². The minimum absolute atomic E-state index is 0.249. The van der Waals surface area contributed by atoms with Gasteiger partial charge in [0, 0.05) is 10.5 Å². The van der Waals surface area contributed by atoms with Gasteiger partial charge in [-0.3, -0.25) is 0 Å². The van der Waals surface area contributed by atoms with Gasteiger partial charge in [-0.15, -0.1) is 0 Å². The third kappa shape index (κ3) is 3.99. The quantitative estimate of drug-likeness (QED) is 0.452. The van der Waals surface area contributed by atoms with Crippen LogP contribution >= 0.6 is 11.9 Å². The molecule has 1 aliphatic heterocycles. The molecule has 0 radical (unpaired) electrons. The number of aryl methyl sites for hydroxylation is 2. The van der Waals surface area contributed by atoms with Gasteiger partial charge in [-0.2, -0.15) is 13.2 Å². The first-order chi connectivity index (χ1) is 14.3. The Bertz CT molecular complexity index is 1080. The number of aromatic nitrogens is 1. The Morgan fingerprint density at radius 1 is 1.03 bits per heavy atom. The highest BCUT2D eigenvalue weighted by Gasteiger charge is 2.34. The largest absolute Gasteiger partial charge is 0.433 e. The number of rotatable bonds is 3. The number of halogens is 3. The fourth-order valence-corrected chi connectivity index (χ4v) is 4.50. The minimum atomic E-state index is -4.48. The molecular formula is C23H22F3N3S. The lowest BCUT2D eigenvalue weighted by molar-refractivity contribution is -0.141. The molecule has 0 amide bonds. The fraction of sp³-hybridized carbons (Fsp3) is 0.261. The zero-order chi connectivity index (χ0) is 21.5. The van der Waals surface area contributed by atoms with Crippen LogP contribution in [-0.2, 0) is 19.1 Å². The molecule has 1 N–H and O–H groups in total. The van der Waals surface area contributed by atoms with E-state index >= 15 is 0 Å². The van der Waals surface area contributed by atoms with E-state index in [9.17, 15) is 13.2 Å². The summed E-state index contributed by atoms with van der Waals surface area (Å²) in [5, 5.41) is 3.15. The number of hydrogen-bond donors (Lipinski definition) is 1. The van der Waals surface area contributed by atoms with Crippen molar-refractivity contribution < 1.29 is 13.2 Å². The molecule has 3 aromatic rings. The van der Waals surface area contributed by atoms with Gasteiger partial charge in [0.05, 0.1) is 17.9 Å². The first-order valence-electron chi connectivity index (χ1n) is 9.75. The predicted molar refractivity (Wildman–Crippen MR) is 116 cm³/mol. The number of nitrogens with one attached hydrogen (secondary N) is 1. The van der Waals surface area contributed by atoms with Gasteiger partial charge >= 0.3 is 6.18 Å². The van der Waals surface area contributed by atoms with Gasteiger partial charge < -0.3 is 9.62 Å². The van der Waals surface area contributed by atoms with Crippen LogP contribution in [-0.4, -0.2) is 4.98 Å². The first-order valence-corrected chi connectivity index (χ1v) is 10.5. The van der Waals surface area contributed by atoms with E-state index in [0.717, 1.165) is 39.9 Å². The van der Waals surface area contributed by atoms with E-state index in [1.165, 1.54) is 11.6 Å². The number of benzene rings is 2. The SMILES string of the molecule is CCc1ccc(SN2Cc3ccc(C(F)(F)F)nc3Nc3ccc(C)c(C)c32)cc1. The highest BCUT2D eigenvalue weighted by atomic mass is 32.2. The van der Waals surface area contributed by atoms with E-state index in [2.05, 4.69) is 45.8 Å². The molecule has 0 unspecified atom stereocenters. The monoisotopic (exact) mass is 429 g/mol. The van der Waals surface area contributed by atoms with Crippen LogP contribution in [0, 0.1) is 13.8 Å². The smallest absolute Gasteiger partial charge is 0.338 e. The zero-order valence-corrected chi connectivity index (χ0v) is 17.8. The fourth-order valence-electron chi connectivity index (χ4n) is 3.46. The summed E-state index contributed by atoms with van der Waals surface area (Å²) in [5.41, 5.74) is 5.01. The second-order valence-corrected chi connectivity index (χ2v) is 8.45. The van der Waals surface area contributed by atoms with Crippen molar-refractivity contribution in [1.29, 1.82) is 0 Å². The van der Waals surface area contributed by atoms with Crippen LogP contribution in [0.25, 0.3) is 0 Å². The summed E-state index contributed by atoms with van der Waals surface area (Å²) in [4.78, 5) is 4.96. The Hall–Kier alpha value is -2.67. The number of fused-ring (bicyclic) bond motifs is 2.